The van der Waals surface area contributed by atoms with Crippen LogP contribution in [0.2, 0.25) is 0 Å². The van der Waals surface area contributed by atoms with E-state index < -0.39 is 26.1 Å². The summed E-state index contributed by atoms with van der Waals surface area (Å²) in [5.41, 5.74) is 0.0704. The fraction of sp³-hybridized carbons (Fsp3) is 0.500. The van der Waals surface area contributed by atoms with Gasteiger partial charge in [0.25, 0.3) is 0 Å². The van der Waals surface area contributed by atoms with Gasteiger partial charge in [-0.2, -0.15) is 0 Å². The summed E-state index contributed by atoms with van der Waals surface area (Å²) >= 11 is 0. The van der Waals surface area contributed by atoms with E-state index in [1.165, 1.54) is 36.4 Å². The fourth-order valence-electron chi connectivity index (χ4n) is 5.33. The highest BCUT2D eigenvalue weighted by molar-refractivity contribution is 7.95. The Morgan fingerprint density at radius 2 is 1.85 bits per heavy atom. The molecule has 0 bridgehead atoms. The van der Waals surface area contributed by atoms with Gasteiger partial charge in [0.05, 0.1) is 11.8 Å². The van der Waals surface area contributed by atoms with E-state index in [0.717, 1.165) is 11.3 Å². The van der Waals surface area contributed by atoms with E-state index >= 15 is 0 Å². The molecule has 6 nitrogen and oxygen atoms in total. The number of rotatable bonds is 5. The first-order valence-electron chi connectivity index (χ1n) is 11.7. The first-order chi connectivity index (χ1) is 15.9. The van der Waals surface area contributed by atoms with Gasteiger partial charge < -0.3 is 4.74 Å². The topological polar surface area (TPSA) is 66.9 Å². The second-order valence-electron chi connectivity index (χ2n) is 10.2. The Morgan fingerprint density at radius 1 is 1.15 bits per heavy atom. The Bertz CT molecular complexity index is 1200. The Labute approximate surface area is 201 Å². The second kappa shape index (κ2) is 8.64. The summed E-state index contributed by atoms with van der Waals surface area (Å²) in [6.45, 7) is 10.1. The van der Waals surface area contributed by atoms with E-state index in [4.69, 9.17) is 4.74 Å². The van der Waals surface area contributed by atoms with Crippen LogP contribution in [-0.2, 0) is 21.4 Å². The van der Waals surface area contributed by atoms with Crippen LogP contribution >= 0.6 is 0 Å². The van der Waals surface area contributed by atoms with Crippen molar-refractivity contribution in [1.82, 2.24) is 4.90 Å². The number of carbonyl (C=O) groups excluding carboxylic acids is 1. The summed E-state index contributed by atoms with van der Waals surface area (Å²) in [7, 11) is -4.03. The molecule has 2 aliphatic rings. The van der Waals surface area contributed by atoms with E-state index in [9.17, 15) is 17.6 Å². The number of hydrogen-bond donors (Lipinski definition) is 0. The van der Waals surface area contributed by atoms with Gasteiger partial charge in [-0.05, 0) is 83.4 Å². The molecule has 0 aliphatic carbocycles. The van der Waals surface area contributed by atoms with Crippen molar-refractivity contribution in [3.63, 3.8) is 0 Å². The van der Waals surface area contributed by atoms with E-state index in [1.54, 1.807) is 6.07 Å². The number of ketones is 1. The normalized spacial score (nSPS) is 26.4. The van der Waals surface area contributed by atoms with Crippen LogP contribution in [0.5, 0.6) is 5.75 Å². The van der Waals surface area contributed by atoms with E-state index in [0.29, 0.717) is 25.9 Å². The number of ether oxygens (including phenoxy) is 1. The minimum Gasteiger partial charge on any atom is -0.491 e. The molecule has 8 heteroatoms. The van der Waals surface area contributed by atoms with Gasteiger partial charge in [-0.15, -0.1) is 0 Å². The number of benzene rings is 2. The van der Waals surface area contributed by atoms with Crippen molar-refractivity contribution >= 4 is 21.5 Å². The van der Waals surface area contributed by atoms with Crippen molar-refractivity contribution in [2.24, 2.45) is 0 Å². The molecular weight excluding hydrogens is 455 g/mol. The Kier molecular flexibility index (Phi) is 6.27. The minimum absolute atomic E-state index is 0.0625. The maximum Gasteiger partial charge on any atom is 0.248 e. The third-order valence-electron chi connectivity index (χ3n) is 7.01. The number of hydrogen-bond acceptors (Lipinski definition) is 5. The monoisotopic (exact) mass is 488 g/mol. The molecule has 0 N–H and O–H groups in total. The van der Waals surface area contributed by atoms with Gasteiger partial charge in [-0.25, -0.2) is 12.8 Å². The van der Waals surface area contributed by atoms with Gasteiger partial charge in [0.2, 0.25) is 10.0 Å². The lowest BCUT2D eigenvalue weighted by Gasteiger charge is -2.46. The van der Waals surface area contributed by atoms with Crippen LogP contribution in [0, 0.1) is 5.82 Å². The maximum atomic E-state index is 14.1. The largest absolute Gasteiger partial charge is 0.491 e. The lowest BCUT2D eigenvalue weighted by molar-refractivity contribution is -0.127. The zero-order valence-electron chi connectivity index (χ0n) is 20.4. The molecule has 1 spiro atoms. The predicted molar refractivity (Wildman–Crippen MR) is 131 cm³/mol. The van der Waals surface area contributed by atoms with E-state index in [-0.39, 0.29) is 23.6 Å². The third-order valence-corrected chi connectivity index (χ3v) is 9.53. The molecule has 2 saturated heterocycles. The number of nitrogens with zero attached hydrogens (tertiary/aromatic N) is 2. The molecule has 2 fully saturated rings. The van der Waals surface area contributed by atoms with Gasteiger partial charge in [0.1, 0.15) is 21.9 Å². The number of anilines is 1. The van der Waals surface area contributed by atoms with Gasteiger partial charge in [-0.1, -0.05) is 18.2 Å². The van der Waals surface area contributed by atoms with Crippen LogP contribution in [0.25, 0.3) is 0 Å². The molecule has 0 unspecified atom stereocenters. The van der Waals surface area contributed by atoms with E-state index in [1.807, 2.05) is 45.0 Å². The molecule has 184 valence electrons. The van der Waals surface area contributed by atoms with Crippen molar-refractivity contribution in [3.8, 4) is 5.75 Å². The SMILES string of the molecule is CC(C)Oc1cccc(CN2CC[C@@]3(C[C@@H]2C)C(=O)C(C)(C)S(=O)(=O)N3c2cccc(F)c2)c1. The number of likely N-dealkylation sites (tertiary alicyclic amines) is 1. The molecular formula is C26H33FN2O4S. The predicted octanol–water partition coefficient (Wildman–Crippen LogP) is 4.53. The lowest BCUT2D eigenvalue weighted by atomic mass is 9.76. The molecule has 0 saturated carbocycles. The number of carbonyl (C=O) groups is 1. The molecule has 0 aromatic heterocycles. The Morgan fingerprint density at radius 3 is 2.50 bits per heavy atom. The standard InChI is InChI=1S/C26H33FN2O4S/c1-18(2)33-23-11-6-8-20(14-23)17-28-13-12-26(16-19(28)3)24(30)25(4,5)34(31,32)29(26)22-10-7-9-21(27)15-22/h6-11,14-15,18-19H,12-13,16-17H2,1-5H3/t19-,26+/m0/s1. The van der Waals surface area contributed by atoms with Crippen LogP contribution in [0.15, 0.2) is 48.5 Å². The van der Waals surface area contributed by atoms with Crippen molar-refractivity contribution in [2.45, 2.75) is 76.4 Å². The highest BCUT2D eigenvalue weighted by Gasteiger charge is 2.67. The van der Waals surface area contributed by atoms with Crippen molar-refractivity contribution in [3.05, 3.63) is 59.9 Å². The highest BCUT2D eigenvalue weighted by atomic mass is 32.2. The third kappa shape index (κ3) is 4.01. The summed E-state index contributed by atoms with van der Waals surface area (Å²) in [4.78, 5) is 16.0. The lowest BCUT2D eigenvalue weighted by Crippen LogP contribution is -2.59. The summed E-state index contributed by atoms with van der Waals surface area (Å²) in [5, 5.41) is 0. The number of Topliss-reactive ketones (excluding diaryl/α,β-unsaturated/α-hetero) is 1. The zero-order valence-corrected chi connectivity index (χ0v) is 21.2. The molecule has 0 amide bonds. The summed E-state index contributed by atoms with van der Waals surface area (Å²) < 4.78 is 46.7. The van der Waals surface area contributed by atoms with Gasteiger partial charge >= 0.3 is 0 Å². The van der Waals surface area contributed by atoms with Crippen LogP contribution < -0.4 is 9.04 Å². The van der Waals surface area contributed by atoms with Gasteiger partial charge in [0.15, 0.2) is 5.78 Å². The average Bonchev–Trinajstić information content (AvgIpc) is 2.85. The smallest absolute Gasteiger partial charge is 0.248 e. The first-order valence-corrected chi connectivity index (χ1v) is 13.2. The van der Waals surface area contributed by atoms with Crippen molar-refractivity contribution < 1.29 is 22.3 Å². The molecule has 4 rings (SSSR count). The maximum absolute atomic E-state index is 14.1. The van der Waals surface area contributed by atoms with Crippen LogP contribution in [0.3, 0.4) is 0 Å². The summed E-state index contributed by atoms with van der Waals surface area (Å²) in [6, 6.07) is 13.4. The molecule has 2 heterocycles. The fourth-order valence-corrected chi connectivity index (χ4v) is 7.32. The molecule has 2 aliphatic heterocycles. The zero-order chi connectivity index (χ0) is 24.9. The quantitative estimate of drug-likeness (QED) is 0.619. The number of halogens is 1. The average molecular weight is 489 g/mol. The van der Waals surface area contributed by atoms with Crippen molar-refractivity contribution in [2.75, 3.05) is 10.8 Å². The number of piperidine rings is 1. The summed E-state index contributed by atoms with van der Waals surface area (Å²) in [6.07, 6.45) is 0.765. The molecule has 34 heavy (non-hydrogen) atoms. The first kappa shape index (κ1) is 24.7. The second-order valence-corrected chi connectivity index (χ2v) is 12.5. The molecule has 2 aromatic carbocycles. The number of sulfonamides is 1. The van der Waals surface area contributed by atoms with Crippen molar-refractivity contribution in [1.29, 1.82) is 0 Å². The highest BCUT2D eigenvalue weighted by Crippen LogP contribution is 2.49. The summed E-state index contributed by atoms with van der Waals surface area (Å²) in [5.74, 6) is -0.0400. The Hall–Kier alpha value is -2.45. The Balaban J connectivity index is 1.64. The van der Waals surface area contributed by atoms with Crippen LogP contribution in [-0.4, -0.2) is 48.1 Å². The van der Waals surface area contributed by atoms with Gasteiger partial charge in [-0.3, -0.25) is 14.0 Å². The van der Waals surface area contributed by atoms with Crippen LogP contribution in [0.4, 0.5) is 10.1 Å². The molecule has 0 radical (unpaired) electrons. The minimum atomic E-state index is -4.03. The van der Waals surface area contributed by atoms with Crippen LogP contribution in [0.1, 0.15) is 53.0 Å². The molecule has 2 aromatic rings. The molecule has 2 atom stereocenters. The van der Waals surface area contributed by atoms with Gasteiger partial charge in [0, 0.05) is 19.1 Å². The van der Waals surface area contributed by atoms with E-state index in [2.05, 4.69) is 4.90 Å².